The number of carbonyl (C=O) groups excluding carboxylic acids is 2. The van der Waals surface area contributed by atoms with Crippen LogP contribution < -0.4 is 0 Å². The molecule has 3 heteroatoms. The van der Waals surface area contributed by atoms with E-state index in [1.54, 1.807) is 5.57 Å². The molecule has 0 bridgehead atoms. The largest absolute Gasteiger partial charge is 0.461 e. The fourth-order valence-electron chi connectivity index (χ4n) is 7.66. The van der Waals surface area contributed by atoms with E-state index in [0.29, 0.717) is 35.9 Å². The minimum absolute atomic E-state index is 0.00999. The number of fused-ring (bicyclic) bond motifs is 5. The van der Waals surface area contributed by atoms with Gasteiger partial charge in [-0.15, -0.1) is 0 Å². The number of hydrogen-bond donors (Lipinski definition) is 0. The highest BCUT2D eigenvalue weighted by Gasteiger charge is 2.55. The molecule has 0 unspecified atom stereocenters. The van der Waals surface area contributed by atoms with Crippen LogP contribution in [0.15, 0.2) is 23.3 Å². The van der Waals surface area contributed by atoms with Crippen molar-refractivity contribution in [3.05, 3.63) is 23.3 Å². The van der Waals surface area contributed by atoms with Crippen molar-refractivity contribution in [1.29, 1.82) is 0 Å². The summed E-state index contributed by atoms with van der Waals surface area (Å²) in [5.41, 5.74) is 3.01. The van der Waals surface area contributed by atoms with E-state index in [4.69, 9.17) is 4.74 Å². The summed E-state index contributed by atoms with van der Waals surface area (Å²) in [5.74, 6) is 2.77. The first-order valence-corrected chi connectivity index (χ1v) is 14.1. The van der Waals surface area contributed by atoms with Gasteiger partial charge in [-0.2, -0.15) is 0 Å². The summed E-state index contributed by atoms with van der Waals surface area (Å²) in [6, 6.07) is 0. The molecule has 3 nitrogen and oxygen atoms in total. The molecule has 0 aromatic carbocycles. The number of ether oxygens (including phenoxy) is 1. The highest BCUT2D eigenvalue weighted by atomic mass is 16.5. The van der Waals surface area contributed by atoms with Crippen molar-refractivity contribution in [2.75, 3.05) is 0 Å². The second kappa shape index (κ2) is 10.9. The summed E-state index contributed by atoms with van der Waals surface area (Å²) in [6.45, 7) is 6.99. The van der Waals surface area contributed by atoms with Crippen LogP contribution >= 0.6 is 0 Å². The number of carbonyl (C=O) groups is 2. The van der Waals surface area contributed by atoms with E-state index in [1.807, 2.05) is 6.08 Å². The highest BCUT2D eigenvalue weighted by Crippen LogP contribution is 2.61. The zero-order valence-corrected chi connectivity index (χ0v) is 21.4. The monoisotopic (exact) mass is 454 g/mol. The van der Waals surface area contributed by atoms with Gasteiger partial charge in [0, 0.05) is 24.7 Å². The molecule has 0 aromatic heterocycles. The fourth-order valence-corrected chi connectivity index (χ4v) is 7.66. The Morgan fingerprint density at radius 1 is 1.09 bits per heavy atom. The molecule has 0 N–H and O–H groups in total. The molecule has 184 valence electrons. The van der Waals surface area contributed by atoms with Crippen molar-refractivity contribution in [3.8, 4) is 0 Å². The van der Waals surface area contributed by atoms with E-state index < -0.39 is 0 Å². The Morgan fingerprint density at radius 3 is 2.58 bits per heavy atom. The predicted molar refractivity (Wildman–Crippen MR) is 134 cm³/mol. The van der Waals surface area contributed by atoms with Gasteiger partial charge in [0.25, 0.3) is 0 Å². The molecule has 4 rings (SSSR count). The first-order chi connectivity index (χ1) is 15.9. The summed E-state index contributed by atoms with van der Waals surface area (Å²) < 4.78 is 6.13. The predicted octanol–water partition coefficient (Wildman–Crippen LogP) is 7.74. The Hall–Kier alpha value is -1.38. The molecule has 0 spiro atoms. The molecule has 0 aliphatic heterocycles. The lowest BCUT2D eigenvalue weighted by atomic mass is 9.51. The second-order valence-electron chi connectivity index (χ2n) is 11.8. The van der Waals surface area contributed by atoms with E-state index in [-0.39, 0.29) is 17.5 Å². The smallest absolute Gasteiger partial charge is 0.306 e. The van der Waals surface area contributed by atoms with Gasteiger partial charge in [0.05, 0.1) is 0 Å². The van der Waals surface area contributed by atoms with Crippen LogP contribution in [0.2, 0.25) is 0 Å². The third-order valence-corrected chi connectivity index (χ3v) is 9.46. The molecular formula is C30H46O3. The minimum atomic E-state index is 0.00999. The van der Waals surface area contributed by atoms with Gasteiger partial charge in [0.2, 0.25) is 0 Å². The van der Waals surface area contributed by atoms with Crippen LogP contribution in [-0.4, -0.2) is 17.9 Å². The summed E-state index contributed by atoms with van der Waals surface area (Å²) in [5, 5.41) is 0. The molecule has 0 saturated heterocycles. The van der Waals surface area contributed by atoms with Crippen molar-refractivity contribution in [3.63, 3.8) is 0 Å². The van der Waals surface area contributed by atoms with Crippen LogP contribution in [0.3, 0.4) is 0 Å². The van der Waals surface area contributed by atoms with Crippen molar-refractivity contribution >= 4 is 11.8 Å². The van der Waals surface area contributed by atoms with Crippen molar-refractivity contribution < 1.29 is 14.3 Å². The van der Waals surface area contributed by atoms with E-state index in [2.05, 4.69) is 26.8 Å². The molecule has 2 fully saturated rings. The quantitative estimate of drug-likeness (QED) is 0.193. The fraction of sp³-hybridized carbons (Fsp3) is 0.800. The molecule has 2 saturated carbocycles. The molecule has 0 aromatic rings. The van der Waals surface area contributed by atoms with E-state index in [1.165, 1.54) is 50.5 Å². The topological polar surface area (TPSA) is 43.4 Å². The van der Waals surface area contributed by atoms with Crippen LogP contribution in [0.4, 0.5) is 0 Å². The summed E-state index contributed by atoms with van der Waals surface area (Å²) >= 11 is 0. The Balaban J connectivity index is 1.28. The number of hydrogen-bond acceptors (Lipinski definition) is 3. The zero-order valence-electron chi connectivity index (χ0n) is 21.4. The van der Waals surface area contributed by atoms with Gasteiger partial charge < -0.3 is 4.74 Å². The van der Waals surface area contributed by atoms with Gasteiger partial charge in [-0.1, -0.05) is 82.9 Å². The molecule has 4 aliphatic rings. The normalized spacial score (nSPS) is 35.2. The number of esters is 1. The summed E-state index contributed by atoms with van der Waals surface area (Å²) in [4.78, 5) is 24.7. The maximum absolute atomic E-state index is 12.7. The third kappa shape index (κ3) is 5.33. The average Bonchev–Trinajstić information content (AvgIpc) is 3.11. The van der Waals surface area contributed by atoms with Gasteiger partial charge in [0.15, 0.2) is 5.78 Å². The zero-order chi connectivity index (χ0) is 23.4. The lowest BCUT2D eigenvalue weighted by molar-refractivity contribution is -0.155. The van der Waals surface area contributed by atoms with Gasteiger partial charge >= 0.3 is 5.97 Å². The summed E-state index contributed by atoms with van der Waals surface area (Å²) in [7, 11) is 0. The van der Waals surface area contributed by atoms with Crippen LogP contribution in [0.1, 0.15) is 117 Å². The number of unbranched alkanes of at least 4 members (excludes halogenated alkanes) is 7. The number of ketones is 1. The second-order valence-corrected chi connectivity index (χ2v) is 11.8. The summed E-state index contributed by atoms with van der Waals surface area (Å²) in [6.07, 6.45) is 21.0. The first kappa shape index (κ1) is 24.7. The number of allylic oxidation sites excluding steroid dienone is 2. The molecular weight excluding hydrogens is 408 g/mol. The van der Waals surface area contributed by atoms with Gasteiger partial charge in [-0.25, -0.2) is 0 Å². The third-order valence-electron chi connectivity index (χ3n) is 9.46. The lowest BCUT2D eigenvalue weighted by Gasteiger charge is -2.53. The van der Waals surface area contributed by atoms with E-state index in [9.17, 15) is 9.59 Å². The van der Waals surface area contributed by atoms with Crippen LogP contribution in [0.5, 0.6) is 0 Å². The maximum Gasteiger partial charge on any atom is 0.306 e. The Bertz CT molecular complexity index is 777. The molecule has 33 heavy (non-hydrogen) atoms. The molecule has 6 atom stereocenters. The van der Waals surface area contributed by atoms with Crippen LogP contribution in [0, 0.1) is 29.1 Å². The van der Waals surface area contributed by atoms with Crippen molar-refractivity contribution in [2.45, 2.75) is 123 Å². The van der Waals surface area contributed by atoms with Crippen LogP contribution in [0.25, 0.3) is 0 Å². The van der Waals surface area contributed by atoms with Crippen LogP contribution in [-0.2, 0) is 14.3 Å². The molecule has 4 aliphatic carbocycles. The highest BCUT2D eigenvalue weighted by molar-refractivity contribution is 5.91. The maximum atomic E-state index is 12.7. The Labute approximate surface area is 201 Å². The van der Waals surface area contributed by atoms with E-state index in [0.717, 1.165) is 44.9 Å². The lowest BCUT2D eigenvalue weighted by Crippen LogP contribution is -2.47. The SMILES string of the molecule is CCCCCCCCCCC(=O)O[C@H]1CC=C2[C@H]3[C@H](CC[C@@]21C)[C@H]1CCC(=O)C=C1C[C@H]3C. The molecule has 0 amide bonds. The molecule has 0 radical (unpaired) electrons. The van der Waals surface area contributed by atoms with Crippen molar-refractivity contribution in [1.82, 2.24) is 0 Å². The Kier molecular flexibility index (Phi) is 8.18. The van der Waals surface area contributed by atoms with E-state index >= 15 is 0 Å². The van der Waals surface area contributed by atoms with Gasteiger partial charge in [-0.05, 0) is 61.9 Å². The van der Waals surface area contributed by atoms with Gasteiger partial charge in [-0.3, -0.25) is 9.59 Å². The minimum Gasteiger partial charge on any atom is -0.461 e. The molecule has 0 heterocycles. The average molecular weight is 455 g/mol. The number of rotatable bonds is 10. The first-order valence-electron chi connectivity index (χ1n) is 14.1. The standard InChI is InChI=1S/C30H46O3/c1-4-5-6-7-8-9-10-11-12-28(32)33-27-16-15-26-29-21(2)19-22-20-23(31)13-14-24(22)25(29)17-18-30(26,27)3/h15,20-21,24-25,27,29H,4-14,16-19H2,1-3H3/t21-,24+,25-,27+,29-,30+/m1/s1. The van der Waals surface area contributed by atoms with Crippen molar-refractivity contribution in [2.24, 2.45) is 29.1 Å². The van der Waals surface area contributed by atoms with Gasteiger partial charge in [0.1, 0.15) is 6.10 Å². The Morgan fingerprint density at radius 2 is 1.82 bits per heavy atom.